The summed E-state index contributed by atoms with van der Waals surface area (Å²) >= 11 is 0. The van der Waals surface area contributed by atoms with Crippen molar-refractivity contribution in [3.63, 3.8) is 0 Å². The van der Waals surface area contributed by atoms with Gasteiger partial charge in [-0.1, -0.05) is 24.3 Å². The van der Waals surface area contributed by atoms with Crippen molar-refractivity contribution in [3.8, 4) is 0 Å². The number of hydrogen-bond donors (Lipinski definition) is 1. The second-order valence-electron chi connectivity index (χ2n) is 3.05. The van der Waals surface area contributed by atoms with Gasteiger partial charge in [-0.3, -0.25) is 0 Å². The second kappa shape index (κ2) is 5.61. The van der Waals surface area contributed by atoms with Gasteiger partial charge in [0.1, 0.15) is 7.60 Å². The Balaban J connectivity index is 0.00000169. The fourth-order valence-electron chi connectivity index (χ4n) is 1.17. The van der Waals surface area contributed by atoms with Crippen molar-refractivity contribution in [1.29, 1.82) is 0 Å². The molecule has 0 bridgehead atoms. The van der Waals surface area contributed by atoms with E-state index in [0.29, 0.717) is 6.42 Å². The zero-order valence-electron chi connectivity index (χ0n) is 8.34. The summed E-state index contributed by atoms with van der Waals surface area (Å²) in [6, 6.07) is 0. The first-order chi connectivity index (χ1) is 5.97. The fraction of sp³-hybridized carbons (Fsp3) is 0.500. The van der Waals surface area contributed by atoms with E-state index in [1.807, 2.05) is 0 Å². The Labute approximate surface area is 105 Å². The van der Waals surface area contributed by atoms with Gasteiger partial charge in [0.05, 0.1) is 5.60 Å². The zero-order chi connectivity index (χ0) is 9.95. The standard InChI is InChI=1S/C8H13O4P.Na/c1-12-13(10,11)7-8(9)5-3-2-4-6-8;/h2-5,9H,6-7H2,1H3,(H,10,11);/q;+1/p-1. The van der Waals surface area contributed by atoms with Gasteiger partial charge < -0.3 is 19.1 Å². The molecule has 0 aromatic carbocycles. The van der Waals surface area contributed by atoms with Crippen molar-refractivity contribution in [2.45, 2.75) is 12.0 Å². The van der Waals surface area contributed by atoms with Crippen LogP contribution in [0.1, 0.15) is 6.42 Å². The van der Waals surface area contributed by atoms with Gasteiger partial charge in [0.25, 0.3) is 0 Å². The van der Waals surface area contributed by atoms with Gasteiger partial charge >= 0.3 is 29.6 Å². The van der Waals surface area contributed by atoms with Gasteiger partial charge in [0.2, 0.25) is 0 Å². The molecule has 0 aromatic rings. The summed E-state index contributed by atoms with van der Waals surface area (Å²) in [6.45, 7) is 0. The Morgan fingerprint density at radius 1 is 1.64 bits per heavy atom. The van der Waals surface area contributed by atoms with E-state index in [9.17, 15) is 14.6 Å². The summed E-state index contributed by atoms with van der Waals surface area (Å²) in [5.41, 5.74) is -1.30. The third-order valence-corrected chi connectivity index (χ3v) is 3.36. The monoisotopic (exact) mass is 226 g/mol. The molecule has 0 amide bonds. The molecule has 1 rings (SSSR count). The van der Waals surface area contributed by atoms with E-state index in [1.165, 1.54) is 6.08 Å². The Bertz CT molecular complexity index is 289. The average Bonchev–Trinajstić information content (AvgIpc) is 2.04. The number of rotatable bonds is 3. The van der Waals surface area contributed by atoms with Crippen LogP contribution in [0.25, 0.3) is 0 Å². The minimum absolute atomic E-state index is 0. The Morgan fingerprint density at radius 3 is 2.71 bits per heavy atom. The summed E-state index contributed by atoms with van der Waals surface area (Å²) in [7, 11) is -2.80. The maximum Gasteiger partial charge on any atom is 1.00 e. The van der Waals surface area contributed by atoms with E-state index in [-0.39, 0.29) is 35.7 Å². The Kier molecular flexibility index (Phi) is 5.85. The molecule has 0 heterocycles. The molecule has 2 atom stereocenters. The fourth-order valence-corrected chi connectivity index (χ4v) is 2.20. The molecule has 6 heteroatoms. The SMILES string of the molecule is COP(=O)([O-])CC1(O)C=CC=CC1.[Na+]. The molecule has 4 nitrogen and oxygen atoms in total. The molecule has 2 unspecified atom stereocenters. The molecule has 14 heavy (non-hydrogen) atoms. The molecule has 0 saturated carbocycles. The molecule has 0 aliphatic heterocycles. The summed E-state index contributed by atoms with van der Waals surface area (Å²) < 4.78 is 15.3. The predicted molar refractivity (Wildman–Crippen MR) is 47.3 cm³/mol. The minimum Gasteiger partial charge on any atom is -0.778 e. The van der Waals surface area contributed by atoms with Crippen LogP contribution in [0.3, 0.4) is 0 Å². The molecule has 1 N–H and O–H groups in total. The maximum absolute atomic E-state index is 11.1. The van der Waals surface area contributed by atoms with E-state index >= 15 is 0 Å². The molecule has 1 aliphatic carbocycles. The Hall–Kier alpha value is 0.590. The second-order valence-corrected chi connectivity index (χ2v) is 4.95. The van der Waals surface area contributed by atoms with Gasteiger partial charge in [-0.2, -0.15) is 0 Å². The van der Waals surface area contributed by atoms with E-state index in [1.54, 1.807) is 18.2 Å². The van der Waals surface area contributed by atoms with Crippen LogP contribution in [0.2, 0.25) is 0 Å². The molecule has 0 fully saturated rings. The number of allylic oxidation sites excluding steroid dienone is 2. The smallest absolute Gasteiger partial charge is 0.778 e. The third-order valence-electron chi connectivity index (χ3n) is 1.87. The number of aliphatic hydroxyl groups is 1. The minimum atomic E-state index is -3.89. The molecule has 1 aliphatic rings. The third kappa shape index (κ3) is 4.41. The van der Waals surface area contributed by atoms with Crippen molar-refractivity contribution in [2.75, 3.05) is 13.3 Å². The van der Waals surface area contributed by atoms with Crippen LogP contribution in [0.5, 0.6) is 0 Å². The van der Waals surface area contributed by atoms with Crippen molar-refractivity contribution in [2.24, 2.45) is 0 Å². The van der Waals surface area contributed by atoms with Crippen LogP contribution in [0.4, 0.5) is 0 Å². The van der Waals surface area contributed by atoms with Crippen molar-refractivity contribution in [1.82, 2.24) is 0 Å². The molecule has 0 aromatic heterocycles. The van der Waals surface area contributed by atoms with Crippen molar-refractivity contribution in [3.05, 3.63) is 24.3 Å². The van der Waals surface area contributed by atoms with Crippen molar-refractivity contribution < 1.29 is 48.6 Å². The molecule has 0 radical (unpaired) electrons. The van der Waals surface area contributed by atoms with Gasteiger partial charge in [0, 0.05) is 13.3 Å². The normalized spacial score (nSPS) is 29.4. The van der Waals surface area contributed by atoms with Crippen LogP contribution >= 0.6 is 7.60 Å². The molecular formula is C8H12NaO4P. The molecular weight excluding hydrogens is 214 g/mol. The topological polar surface area (TPSA) is 69.6 Å². The average molecular weight is 226 g/mol. The van der Waals surface area contributed by atoms with Gasteiger partial charge in [-0.15, -0.1) is 0 Å². The molecule has 0 saturated heterocycles. The first-order valence-corrected chi connectivity index (χ1v) is 5.63. The Morgan fingerprint density at radius 2 is 2.29 bits per heavy atom. The van der Waals surface area contributed by atoms with Crippen LogP contribution in [-0.2, 0) is 9.09 Å². The summed E-state index contributed by atoms with van der Waals surface area (Å²) in [4.78, 5) is 11.1. The molecule has 0 spiro atoms. The summed E-state index contributed by atoms with van der Waals surface area (Å²) in [6.07, 6.45) is 6.50. The van der Waals surface area contributed by atoms with E-state index in [0.717, 1.165) is 7.11 Å². The quantitative estimate of drug-likeness (QED) is 0.424. The number of hydrogen-bond acceptors (Lipinski definition) is 4. The summed E-state index contributed by atoms with van der Waals surface area (Å²) in [5, 5.41) is 9.75. The van der Waals surface area contributed by atoms with Gasteiger partial charge in [-0.25, -0.2) is 0 Å². The van der Waals surface area contributed by atoms with Crippen LogP contribution < -0.4 is 34.5 Å². The predicted octanol–water partition coefficient (Wildman–Crippen LogP) is -2.56. The van der Waals surface area contributed by atoms with E-state index in [2.05, 4.69) is 4.52 Å². The first kappa shape index (κ1) is 14.6. The van der Waals surface area contributed by atoms with Crippen LogP contribution in [-0.4, -0.2) is 24.0 Å². The molecule has 74 valence electrons. The van der Waals surface area contributed by atoms with Gasteiger partial charge in [0.15, 0.2) is 0 Å². The first-order valence-electron chi connectivity index (χ1n) is 3.90. The van der Waals surface area contributed by atoms with Crippen molar-refractivity contribution >= 4 is 7.60 Å². The van der Waals surface area contributed by atoms with E-state index < -0.39 is 13.2 Å². The van der Waals surface area contributed by atoms with Crippen LogP contribution in [0.15, 0.2) is 24.3 Å². The largest absolute Gasteiger partial charge is 1.00 e. The van der Waals surface area contributed by atoms with Gasteiger partial charge in [-0.05, 0) is 6.42 Å². The van der Waals surface area contributed by atoms with Crippen LogP contribution in [0, 0.1) is 0 Å². The van der Waals surface area contributed by atoms with E-state index in [4.69, 9.17) is 0 Å². The maximum atomic E-state index is 11.1. The summed E-state index contributed by atoms with van der Waals surface area (Å²) in [5.74, 6) is 0. The zero-order valence-corrected chi connectivity index (χ0v) is 11.2.